The molecule has 0 aliphatic carbocycles. The van der Waals surface area contributed by atoms with Crippen LogP contribution in [0.1, 0.15) is 24.0 Å². The molecule has 0 aliphatic rings. The summed E-state index contributed by atoms with van der Waals surface area (Å²) >= 11 is 5.99. The molecule has 0 saturated heterocycles. The average molecular weight is 545 g/mol. The van der Waals surface area contributed by atoms with Gasteiger partial charge in [0, 0.05) is 23.2 Å². The van der Waals surface area contributed by atoms with Gasteiger partial charge in [-0.3, -0.25) is 4.79 Å². The Morgan fingerprint density at radius 2 is 1.70 bits per heavy atom. The van der Waals surface area contributed by atoms with Gasteiger partial charge in [-0.05, 0) is 66.8 Å². The zero-order valence-electron chi connectivity index (χ0n) is 19.5. The minimum Gasteiger partial charge on any atom is -0.368 e. The highest BCUT2D eigenvalue weighted by Crippen LogP contribution is 2.24. The molecule has 0 spiro atoms. The fourth-order valence-corrected chi connectivity index (χ4v) is 5.36. The summed E-state index contributed by atoms with van der Waals surface area (Å²) in [4.78, 5) is 17.0. The molecule has 7 nitrogen and oxygen atoms in total. The van der Waals surface area contributed by atoms with Crippen LogP contribution in [0, 0.1) is 11.6 Å². The van der Waals surface area contributed by atoms with Crippen molar-refractivity contribution in [3.05, 3.63) is 101 Å². The van der Waals surface area contributed by atoms with E-state index in [1.807, 2.05) is 12.1 Å². The molecule has 192 valence electrons. The van der Waals surface area contributed by atoms with Crippen molar-refractivity contribution in [3.63, 3.8) is 0 Å². The first kappa shape index (κ1) is 26.6. The number of aryl methyl sites for hydroxylation is 1. The largest absolute Gasteiger partial charge is 0.368 e. The molecule has 0 saturated carbocycles. The van der Waals surface area contributed by atoms with E-state index in [1.165, 1.54) is 22.8 Å². The van der Waals surface area contributed by atoms with Crippen LogP contribution in [0.15, 0.2) is 82.5 Å². The van der Waals surface area contributed by atoms with Gasteiger partial charge in [0.05, 0.1) is 4.90 Å². The van der Waals surface area contributed by atoms with Crippen LogP contribution in [-0.2, 0) is 28.7 Å². The molecule has 2 unspecified atom stereocenters. The number of hydrogen-bond donors (Lipinski definition) is 1. The molecule has 1 heterocycles. The van der Waals surface area contributed by atoms with Gasteiger partial charge in [-0.25, -0.2) is 17.3 Å². The number of benzene rings is 3. The van der Waals surface area contributed by atoms with E-state index in [0.717, 1.165) is 17.2 Å². The van der Waals surface area contributed by atoms with E-state index in [0.29, 0.717) is 34.1 Å². The molecule has 37 heavy (non-hydrogen) atoms. The molecule has 0 aliphatic heterocycles. The molecule has 1 aromatic heterocycles. The van der Waals surface area contributed by atoms with Gasteiger partial charge in [0.2, 0.25) is 18.1 Å². The Hall–Kier alpha value is -3.47. The summed E-state index contributed by atoms with van der Waals surface area (Å²) in [5.74, 6) is -1.57. The lowest BCUT2D eigenvalue weighted by Gasteiger charge is -2.28. The minimum atomic E-state index is -1.76. The van der Waals surface area contributed by atoms with Crippen LogP contribution >= 0.6 is 11.6 Å². The van der Waals surface area contributed by atoms with E-state index < -0.39 is 34.6 Å². The minimum absolute atomic E-state index is 0.143. The van der Waals surface area contributed by atoms with Gasteiger partial charge in [-0.1, -0.05) is 41.0 Å². The molecule has 1 amide bonds. The van der Waals surface area contributed by atoms with Gasteiger partial charge in [0.1, 0.15) is 28.7 Å². The molecular weight excluding hydrogens is 522 g/mol. The number of nitrogens with two attached hydrogens (primary N) is 1. The van der Waals surface area contributed by atoms with Crippen LogP contribution in [0.25, 0.3) is 11.4 Å². The Morgan fingerprint density at radius 1 is 1.03 bits per heavy atom. The fourth-order valence-electron chi connectivity index (χ4n) is 3.89. The summed E-state index contributed by atoms with van der Waals surface area (Å²) in [6, 6.07) is 16.1. The maximum atomic E-state index is 13.6. The van der Waals surface area contributed by atoms with Gasteiger partial charge in [0.15, 0.2) is 0 Å². The van der Waals surface area contributed by atoms with Crippen molar-refractivity contribution in [2.45, 2.75) is 36.7 Å². The number of hydrogen-bond acceptors (Lipinski definition) is 5. The van der Waals surface area contributed by atoms with Crippen molar-refractivity contribution in [2.24, 2.45) is 5.73 Å². The van der Waals surface area contributed by atoms with Gasteiger partial charge in [-0.15, -0.1) is 0 Å². The maximum Gasteiger partial charge on any atom is 0.235 e. The van der Waals surface area contributed by atoms with Crippen LogP contribution in [0.2, 0.25) is 5.02 Å². The number of nitrogens with zero attached hydrogens (tertiary/aromatic N) is 3. The number of amides is 1. The third-order valence-corrected chi connectivity index (χ3v) is 7.42. The quantitative estimate of drug-likeness (QED) is 0.284. The lowest BCUT2D eigenvalue weighted by atomic mass is 10.0. The fraction of sp³-hybridized carbons (Fsp3) is 0.192. The Kier molecular flexibility index (Phi) is 8.75. The normalized spacial score (nSPS) is 13.0. The van der Waals surface area contributed by atoms with Gasteiger partial charge in [0.25, 0.3) is 0 Å². The van der Waals surface area contributed by atoms with E-state index >= 15 is 0 Å². The Labute approximate surface area is 219 Å². The highest BCUT2D eigenvalue weighted by molar-refractivity contribution is 7.82. The molecule has 2 N–H and O–H groups in total. The molecule has 11 heteroatoms. The monoisotopic (exact) mass is 544 g/mol. The Balaban J connectivity index is 1.57. The second-order valence-corrected chi connectivity index (χ2v) is 10.2. The lowest BCUT2D eigenvalue weighted by Crippen LogP contribution is -2.45. The van der Waals surface area contributed by atoms with E-state index in [-0.39, 0.29) is 13.0 Å². The molecular formula is C26H23ClF2N4O3S. The van der Waals surface area contributed by atoms with Crippen molar-refractivity contribution in [3.8, 4) is 11.4 Å². The molecule has 0 radical (unpaired) electrons. The Morgan fingerprint density at radius 3 is 2.30 bits per heavy atom. The highest BCUT2D eigenvalue weighted by Gasteiger charge is 2.29. The van der Waals surface area contributed by atoms with Crippen molar-refractivity contribution >= 4 is 28.5 Å². The SMILES string of the molecule is NC(=O)C(CCCc1cc(F)cc(F)c1)N(Cc1ccc(-c2ncon2)cc1)S(=O)c1ccc(Cl)cc1. The third kappa shape index (κ3) is 7.06. The van der Waals surface area contributed by atoms with Crippen molar-refractivity contribution in [2.75, 3.05) is 0 Å². The van der Waals surface area contributed by atoms with Crippen LogP contribution in [0.3, 0.4) is 0 Å². The van der Waals surface area contributed by atoms with E-state index in [4.69, 9.17) is 21.9 Å². The zero-order valence-corrected chi connectivity index (χ0v) is 21.1. The van der Waals surface area contributed by atoms with Gasteiger partial charge >= 0.3 is 0 Å². The summed E-state index contributed by atoms with van der Waals surface area (Å²) in [6.45, 7) is 0.143. The van der Waals surface area contributed by atoms with E-state index in [2.05, 4.69) is 10.1 Å². The highest BCUT2D eigenvalue weighted by atomic mass is 35.5. The first-order valence-corrected chi connectivity index (χ1v) is 12.8. The maximum absolute atomic E-state index is 13.6. The molecule has 4 aromatic rings. The summed E-state index contributed by atoms with van der Waals surface area (Å²) in [5, 5.41) is 4.29. The first-order chi connectivity index (χ1) is 17.8. The number of carbonyl (C=O) groups is 1. The molecule has 2 atom stereocenters. The third-order valence-electron chi connectivity index (χ3n) is 5.68. The number of rotatable bonds is 11. The second kappa shape index (κ2) is 12.2. The van der Waals surface area contributed by atoms with Crippen molar-refractivity contribution in [1.82, 2.24) is 14.4 Å². The molecule has 4 rings (SSSR count). The van der Waals surface area contributed by atoms with E-state index in [1.54, 1.807) is 36.4 Å². The average Bonchev–Trinajstić information content (AvgIpc) is 3.40. The second-order valence-electron chi connectivity index (χ2n) is 8.32. The number of primary amides is 1. The van der Waals surface area contributed by atoms with Crippen LogP contribution < -0.4 is 5.73 Å². The van der Waals surface area contributed by atoms with Gasteiger partial charge in [-0.2, -0.15) is 4.98 Å². The predicted octanol–water partition coefficient (Wildman–Crippen LogP) is 5.07. The number of carbonyl (C=O) groups excluding carboxylic acids is 1. The molecule has 3 aromatic carbocycles. The summed E-state index contributed by atoms with van der Waals surface area (Å²) in [6.07, 6.45) is 2.17. The van der Waals surface area contributed by atoms with E-state index in [9.17, 15) is 17.8 Å². The number of aromatic nitrogens is 2. The zero-order chi connectivity index (χ0) is 26.4. The standard InChI is InChI=1S/C26H23ClF2N4O3S/c27-20-8-10-23(11-9-20)37(35)33(15-17-4-6-19(7-5-17)26-31-16-36-32-26)24(25(30)34)3-1-2-18-12-21(28)14-22(29)13-18/h4-14,16,24H,1-3,15H2,(H2,30,34). The topological polar surface area (TPSA) is 102 Å². The summed E-state index contributed by atoms with van der Waals surface area (Å²) in [5.41, 5.74) is 7.73. The summed E-state index contributed by atoms with van der Waals surface area (Å²) < 4.78 is 47.1. The Bertz CT molecular complexity index is 1350. The smallest absolute Gasteiger partial charge is 0.235 e. The van der Waals surface area contributed by atoms with Gasteiger partial charge < -0.3 is 10.3 Å². The molecule has 0 bridgehead atoms. The summed E-state index contributed by atoms with van der Waals surface area (Å²) in [7, 11) is -1.76. The first-order valence-electron chi connectivity index (χ1n) is 11.3. The van der Waals surface area contributed by atoms with Crippen LogP contribution in [0.5, 0.6) is 0 Å². The lowest BCUT2D eigenvalue weighted by molar-refractivity contribution is -0.122. The number of halogens is 3. The van der Waals surface area contributed by atoms with Crippen molar-refractivity contribution in [1.29, 1.82) is 0 Å². The van der Waals surface area contributed by atoms with Crippen LogP contribution in [-0.4, -0.2) is 30.6 Å². The van der Waals surface area contributed by atoms with Crippen molar-refractivity contribution < 1.29 is 22.3 Å². The molecule has 0 fully saturated rings. The predicted molar refractivity (Wildman–Crippen MR) is 135 cm³/mol. The van der Waals surface area contributed by atoms with Crippen LogP contribution in [0.4, 0.5) is 8.78 Å².